The molecule has 1 heterocycles. The molecule has 1 unspecified atom stereocenters. The van der Waals surface area contributed by atoms with Crippen molar-refractivity contribution in [1.82, 2.24) is 25.5 Å². The molecular formula is C14H23N5OS. The van der Waals surface area contributed by atoms with Crippen LogP contribution in [0.4, 0.5) is 0 Å². The first kappa shape index (κ1) is 14.8. The molecule has 3 rings (SSSR count). The maximum absolute atomic E-state index is 12.2. The Bertz CT molecular complexity index is 479. The van der Waals surface area contributed by atoms with Gasteiger partial charge < -0.3 is 5.32 Å². The molecule has 0 radical (unpaired) electrons. The summed E-state index contributed by atoms with van der Waals surface area (Å²) in [5.74, 6) is 0.105. The molecule has 2 saturated carbocycles. The maximum Gasteiger partial charge on any atom is 0.233 e. The van der Waals surface area contributed by atoms with Gasteiger partial charge in [-0.05, 0) is 43.0 Å². The third-order valence-electron chi connectivity index (χ3n) is 4.49. The molecule has 2 fully saturated rings. The number of nitrogens with one attached hydrogen (secondary N) is 1. The lowest BCUT2D eigenvalue weighted by molar-refractivity contribution is -0.120. The molecule has 1 N–H and O–H groups in total. The first-order valence-electron chi connectivity index (χ1n) is 7.99. The number of carbonyl (C=O) groups is 1. The fourth-order valence-electron chi connectivity index (χ4n) is 3.24. The number of thioether (sulfide) groups is 1. The molecule has 0 aromatic carbocycles. The first-order valence-corrected chi connectivity index (χ1v) is 8.87. The summed E-state index contributed by atoms with van der Waals surface area (Å²) in [7, 11) is 0. The number of amides is 1. The van der Waals surface area contributed by atoms with E-state index >= 15 is 0 Å². The second-order valence-electron chi connectivity index (χ2n) is 6.09. The van der Waals surface area contributed by atoms with E-state index < -0.39 is 0 Å². The quantitative estimate of drug-likeness (QED) is 0.845. The Labute approximate surface area is 129 Å². The lowest BCUT2D eigenvalue weighted by Gasteiger charge is -2.17. The number of hydrogen-bond donors (Lipinski definition) is 1. The summed E-state index contributed by atoms with van der Waals surface area (Å²) < 4.78 is 1.91. The molecule has 1 aromatic heterocycles. The Morgan fingerprint density at radius 1 is 1.24 bits per heavy atom. The summed E-state index contributed by atoms with van der Waals surface area (Å²) >= 11 is 1.47. The van der Waals surface area contributed by atoms with Crippen LogP contribution in [0.25, 0.3) is 0 Å². The smallest absolute Gasteiger partial charge is 0.233 e. The molecule has 116 valence electrons. The van der Waals surface area contributed by atoms with Crippen LogP contribution in [-0.2, 0) is 4.79 Å². The van der Waals surface area contributed by atoms with Crippen molar-refractivity contribution < 1.29 is 4.79 Å². The largest absolute Gasteiger partial charge is 0.352 e. The van der Waals surface area contributed by atoms with Gasteiger partial charge in [0.1, 0.15) is 0 Å². The SMILES string of the molecule is CC(Sc1nnnn1C1CCCC1)C(=O)NC1CCCC1. The molecule has 7 heteroatoms. The highest BCUT2D eigenvalue weighted by molar-refractivity contribution is 8.00. The average Bonchev–Trinajstić information content (AvgIpc) is 3.20. The van der Waals surface area contributed by atoms with Gasteiger partial charge in [0.15, 0.2) is 0 Å². The predicted octanol–water partition coefficient (Wildman–Crippen LogP) is 2.33. The van der Waals surface area contributed by atoms with Gasteiger partial charge in [0.25, 0.3) is 0 Å². The third kappa shape index (κ3) is 3.56. The third-order valence-corrected chi connectivity index (χ3v) is 5.53. The van der Waals surface area contributed by atoms with Crippen LogP contribution >= 0.6 is 11.8 Å². The zero-order valence-electron chi connectivity index (χ0n) is 12.5. The molecule has 21 heavy (non-hydrogen) atoms. The fourth-order valence-corrected chi connectivity index (χ4v) is 4.11. The Kier molecular flexibility index (Phi) is 4.77. The molecule has 2 aliphatic rings. The monoisotopic (exact) mass is 309 g/mol. The van der Waals surface area contributed by atoms with E-state index in [0.717, 1.165) is 30.8 Å². The highest BCUT2D eigenvalue weighted by Gasteiger charge is 2.26. The van der Waals surface area contributed by atoms with Gasteiger partial charge in [-0.25, -0.2) is 4.68 Å². The van der Waals surface area contributed by atoms with Crippen molar-refractivity contribution in [3.05, 3.63) is 0 Å². The lowest BCUT2D eigenvalue weighted by Crippen LogP contribution is -2.37. The van der Waals surface area contributed by atoms with Crippen molar-refractivity contribution >= 4 is 17.7 Å². The Morgan fingerprint density at radius 3 is 2.62 bits per heavy atom. The minimum Gasteiger partial charge on any atom is -0.352 e. The van der Waals surface area contributed by atoms with Crippen LogP contribution in [0, 0.1) is 0 Å². The lowest BCUT2D eigenvalue weighted by atomic mass is 10.2. The Hall–Kier alpha value is -1.11. The molecule has 1 aromatic rings. The molecule has 6 nitrogen and oxygen atoms in total. The molecule has 0 spiro atoms. The van der Waals surface area contributed by atoms with Gasteiger partial charge in [0.05, 0.1) is 11.3 Å². The highest BCUT2D eigenvalue weighted by Crippen LogP contribution is 2.32. The Morgan fingerprint density at radius 2 is 1.90 bits per heavy atom. The van der Waals surface area contributed by atoms with Gasteiger partial charge in [-0.15, -0.1) is 5.10 Å². The number of rotatable bonds is 5. The van der Waals surface area contributed by atoms with Crippen molar-refractivity contribution in [3.8, 4) is 0 Å². The summed E-state index contributed by atoms with van der Waals surface area (Å²) in [6.07, 6.45) is 9.45. The van der Waals surface area contributed by atoms with Crippen LogP contribution in [0.1, 0.15) is 64.3 Å². The second-order valence-corrected chi connectivity index (χ2v) is 7.40. The van der Waals surface area contributed by atoms with Crippen LogP contribution in [0.15, 0.2) is 5.16 Å². The summed E-state index contributed by atoms with van der Waals surface area (Å²) in [5, 5.41) is 15.8. The number of aromatic nitrogens is 4. The molecule has 0 saturated heterocycles. The summed E-state index contributed by atoms with van der Waals surface area (Å²) in [4.78, 5) is 12.2. The number of nitrogens with zero attached hydrogens (tertiary/aromatic N) is 4. The van der Waals surface area contributed by atoms with Gasteiger partial charge >= 0.3 is 0 Å². The molecule has 2 aliphatic carbocycles. The fraction of sp³-hybridized carbons (Fsp3) is 0.857. The van der Waals surface area contributed by atoms with E-state index in [4.69, 9.17) is 0 Å². The molecular weight excluding hydrogens is 286 g/mol. The molecule has 0 aliphatic heterocycles. The standard InChI is InChI=1S/C14H23N5OS/c1-10(13(20)15-11-6-2-3-7-11)21-14-16-17-18-19(14)12-8-4-5-9-12/h10-12H,2-9H2,1H3,(H,15,20). The van der Waals surface area contributed by atoms with Crippen molar-refractivity contribution in [2.45, 2.75) is 80.8 Å². The average molecular weight is 309 g/mol. The Balaban J connectivity index is 1.57. The number of carbonyl (C=O) groups excluding carboxylic acids is 1. The number of hydrogen-bond acceptors (Lipinski definition) is 5. The van der Waals surface area contributed by atoms with Crippen LogP contribution < -0.4 is 5.32 Å². The highest BCUT2D eigenvalue weighted by atomic mass is 32.2. The van der Waals surface area contributed by atoms with Crippen molar-refractivity contribution in [2.75, 3.05) is 0 Å². The zero-order valence-corrected chi connectivity index (χ0v) is 13.3. The molecule has 1 atom stereocenters. The van der Waals surface area contributed by atoms with Crippen LogP contribution in [0.5, 0.6) is 0 Å². The van der Waals surface area contributed by atoms with Crippen LogP contribution in [0.2, 0.25) is 0 Å². The van der Waals surface area contributed by atoms with Crippen molar-refractivity contribution in [3.63, 3.8) is 0 Å². The second kappa shape index (κ2) is 6.77. The summed E-state index contributed by atoms with van der Waals surface area (Å²) in [5.41, 5.74) is 0. The minimum absolute atomic E-state index is 0.105. The van der Waals surface area contributed by atoms with E-state index in [1.807, 2.05) is 11.6 Å². The van der Waals surface area contributed by atoms with E-state index in [1.165, 1.54) is 37.4 Å². The van der Waals surface area contributed by atoms with E-state index in [9.17, 15) is 4.79 Å². The van der Waals surface area contributed by atoms with Crippen molar-refractivity contribution in [2.24, 2.45) is 0 Å². The van der Waals surface area contributed by atoms with Crippen LogP contribution in [-0.4, -0.2) is 37.4 Å². The van der Waals surface area contributed by atoms with Gasteiger partial charge in [0.2, 0.25) is 11.1 Å². The predicted molar refractivity (Wildman–Crippen MR) is 81.0 cm³/mol. The van der Waals surface area contributed by atoms with Gasteiger partial charge in [-0.3, -0.25) is 4.79 Å². The van der Waals surface area contributed by atoms with E-state index in [0.29, 0.717) is 12.1 Å². The summed E-state index contributed by atoms with van der Waals surface area (Å²) in [6.45, 7) is 1.93. The van der Waals surface area contributed by atoms with E-state index in [-0.39, 0.29) is 11.2 Å². The van der Waals surface area contributed by atoms with Gasteiger partial charge in [-0.1, -0.05) is 37.4 Å². The molecule has 0 bridgehead atoms. The zero-order chi connectivity index (χ0) is 14.7. The van der Waals surface area contributed by atoms with E-state index in [1.54, 1.807) is 0 Å². The summed E-state index contributed by atoms with van der Waals surface area (Å²) in [6, 6.07) is 0.777. The van der Waals surface area contributed by atoms with Gasteiger partial charge in [-0.2, -0.15) is 0 Å². The maximum atomic E-state index is 12.2. The number of tetrazole rings is 1. The normalized spacial score (nSPS) is 21.8. The van der Waals surface area contributed by atoms with Gasteiger partial charge in [0, 0.05) is 6.04 Å². The van der Waals surface area contributed by atoms with E-state index in [2.05, 4.69) is 20.8 Å². The first-order chi connectivity index (χ1) is 10.2. The van der Waals surface area contributed by atoms with Crippen LogP contribution in [0.3, 0.4) is 0 Å². The minimum atomic E-state index is -0.156. The topological polar surface area (TPSA) is 72.7 Å². The van der Waals surface area contributed by atoms with Crippen molar-refractivity contribution in [1.29, 1.82) is 0 Å². The molecule has 1 amide bonds.